The van der Waals surface area contributed by atoms with Crippen molar-refractivity contribution in [3.8, 4) is 0 Å². The molecule has 0 N–H and O–H groups in total. The maximum Gasteiger partial charge on any atom is 0.306 e. The van der Waals surface area contributed by atoms with E-state index in [0.29, 0.717) is 19.3 Å². The summed E-state index contributed by atoms with van der Waals surface area (Å²) in [6.07, 6.45) is 68.9. The predicted molar refractivity (Wildman–Crippen MR) is 284 cm³/mol. The molecule has 0 aliphatic rings. The summed E-state index contributed by atoms with van der Waals surface area (Å²) in [5, 5.41) is 0. The van der Waals surface area contributed by atoms with Crippen molar-refractivity contribution in [2.75, 3.05) is 13.2 Å². The number of rotatable bonds is 50. The molecule has 0 amide bonds. The lowest BCUT2D eigenvalue weighted by atomic mass is 10.0. The average Bonchev–Trinajstić information content (AvgIpc) is 3.31. The van der Waals surface area contributed by atoms with Gasteiger partial charge in [-0.2, -0.15) is 0 Å². The molecule has 0 aromatic carbocycles. The zero-order valence-corrected chi connectivity index (χ0v) is 43.4. The fourth-order valence-electron chi connectivity index (χ4n) is 7.75. The highest BCUT2D eigenvalue weighted by molar-refractivity contribution is 5.71. The number of hydrogen-bond acceptors (Lipinski definition) is 6. The molecule has 0 rings (SSSR count). The Labute approximate surface area is 408 Å². The predicted octanol–water partition coefficient (Wildman–Crippen LogP) is 18.6. The van der Waals surface area contributed by atoms with Crippen LogP contribution in [0.1, 0.15) is 271 Å². The molecule has 1 atom stereocenters. The van der Waals surface area contributed by atoms with E-state index in [-0.39, 0.29) is 37.5 Å². The summed E-state index contributed by atoms with van der Waals surface area (Å²) >= 11 is 0. The minimum absolute atomic E-state index is 0.100. The molecule has 66 heavy (non-hydrogen) atoms. The fourth-order valence-corrected chi connectivity index (χ4v) is 7.75. The number of carbonyl (C=O) groups is 3. The highest BCUT2D eigenvalue weighted by atomic mass is 16.6. The molecule has 6 nitrogen and oxygen atoms in total. The zero-order chi connectivity index (χ0) is 47.9. The molecule has 1 unspecified atom stereocenters. The van der Waals surface area contributed by atoms with Gasteiger partial charge >= 0.3 is 17.9 Å². The summed E-state index contributed by atoms with van der Waals surface area (Å²) in [7, 11) is 0. The Morgan fingerprint density at radius 1 is 0.318 bits per heavy atom. The van der Waals surface area contributed by atoms with Crippen LogP contribution in [0.4, 0.5) is 0 Å². The lowest BCUT2D eigenvalue weighted by Gasteiger charge is -2.18. The summed E-state index contributed by atoms with van der Waals surface area (Å²) < 4.78 is 16.8. The van der Waals surface area contributed by atoms with Gasteiger partial charge in [0.1, 0.15) is 13.2 Å². The van der Waals surface area contributed by atoms with Gasteiger partial charge in [0.2, 0.25) is 0 Å². The molecule has 0 aromatic rings. The number of carbonyl (C=O) groups excluding carboxylic acids is 3. The first-order valence-electron chi connectivity index (χ1n) is 28.0. The van der Waals surface area contributed by atoms with E-state index in [0.717, 1.165) is 83.5 Å². The van der Waals surface area contributed by atoms with E-state index in [9.17, 15) is 14.4 Å². The van der Waals surface area contributed by atoms with E-state index in [1.807, 2.05) is 0 Å². The first-order chi connectivity index (χ1) is 32.5. The van der Waals surface area contributed by atoms with Gasteiger partial charge < -0.3 is 14.2 Å². The van der Waals surface area contributed by atoms with Crippen LogP contribution in [0.2, 0.25) is 0 Å². The van der Waals surface area contributed by atoms with Gasteiger partial charge in [0.05, 0.1) is 0 Å². The Morgan fingerprint density at radius 3 is 1.02 bits per heavy atom. The number of esters is 3. The van der Waals surface area contributed by atoms with Gasteiger partial charge in [0, 0.05) is 19.3 Å². The molecule has 0 saturated heterocycles. The largest absolute Gasteiger partial charge is 0.462 e. The third-order valence-electron chi connectivity index (χ3n) is 12.0. The van der Waals surface area contributed by atoms with Crippen molar-refractivity contribution in [3.63, 3.8) is 0 Å². The molecule has 0 heterocycles. The minimum Gasteiger partial charge on any atom is -0.462 e. The van der Waals surface area contributed by atoms with E-state index in [1.165, 1.54) is 141 Å². The van der Waals surface area contributed by atoms with Crippen molar-refractivity contribution in [1.29, 1.82) is 0 Å². The molecule has 380 valence electrons. The number of unbranched alkanes of at least 4 members (excludes halogenated alkanes) is 29. The van der Waals surface area contributed by atoms with Crippen LogP contribution in [0, 0.1) is 0 Å². The van der Waals surface area contributed by atoms with Crippen molar-refractivity contribution in [2.24, 2.45) is 0 Å². The first-order valence-corrected chi connectivity index (χ1v) is 28.0. The topological polar surface area (TPSA) is 78.9 Å². The normalized spacial score (nSPS) is 12.6. The van der Waals surface area contributed by atoms with Crippen LogP contribution >= 0.6 is 0 Å². The van der Waals surface area contributed by atoms with Crippen LogP contribution < -0.4 is 0 Å². The van der Waals surface area contributed by atoms with Crippen LogP contribution in [0.25, 0.3) is 0 Å². The lowest BCUT2D eigenvalue weighted by Crippen LogP contribution is -2.30. The van der Waals surface area contributed by atoms with E-state index in [1.54, 1.807) is 0 Å². The van der Waals surface area contributed by atoms with Crippen molar-refractivity contribution >= 4 is 17.9 Å². The fraction of sp³-hybridized carbons (Fsp3) is 0.750. The van der Waals surface area contributed by atoms with E-state index in [4.69, 9.17) is 14.2 Å². The second-order valence-electron chi connectivity index (χ2n) is 18.6. The van der Waals surface area contributed by atoms with Gasteiger partial charge in [0.15, 0.2) is 6.10 Å². The Bertz CT molecular complexity index is 1240. The molecule has 0 saturated carbocycles. The molecule has 0 radical (unpaired) electrons. The van der Waals surface area contributed by atoms with Gasteiger partial charge in [-0.3, -0.25) is 14.4 Å². The summed E-state index contributed by atoms with van der Waals surface area (Å²) in [5.74, 6) is -0.967. The summed E-state index contributed by atoms with van der Waals surface area (Å²) in [4.78, 5) is 38.1. The Hall–Kier alpha value is -3.15. The van der Waals surface area contributed by atoms with Crippen LogP contribution in [0.15, 0.2) is 72.9 Å². The number of hydrogen-bond donors (Lipinski definition) is 0. The highest BCUT2D eigenvalue weighted by Gasteiger charge is 2.19. The Balaban J connectivity index is 4.49. The molecular formula is C60H104O6. The third kappa shape index (κ3) is 51.8. The van der Waals surface area contributed by atoms with Gasteiger partial charge in [-0.25, -0.2) is 0 Å². The second kappa shape index (κ2) is 54.5. The minimum atomic E-state index is -0.809. The summed E-state index contributed by atoms with van der Waals surface area (Å²) in [6.45, 7) is 6.57. The van der Waals surface area contributed by atoms with Crippen LogP contribution in [0.5, 0.6) is 0 Å². The maximum absolute atomic E-state index is 12.8. The molecule has 0 aromatic heterocycles. The zero-order valence-electron chi connectivity index (χ0n) is 43.4. The first kappa shape index (κ1) is 62.8. The van der Waals surface area contributed by atoms with Gasteiger partial charge in [0.25, 0.3) is 0 Å². The smallest absolute Gasteiger partial charge is 0.306 e. The molecule has 0 fully saturated rings. The molecule has 0 bridgehead atoms. The number of ether oxygens (including phenoxy) is 3. The highest BCUT2D eigenvalue weighted by Crippen LogP contribution is 2.15. The lowest BCUT2D eigenvalue weighted by molar-refractivity contribution is -0.167. The summed E-state index contributed by atoms with van der Waals surface area (Å²) in [5.41, 5.74) is 0. The third-order valence-corrected chi connectivity index (χ3v) is 12.0. The Morgan fingerprint density at radius 2 is 0.621 bits per heavy atom. The van der Waals surface area contributed by atoms with Gasteiger partial charge in [-0.15, -0.1) is 0 Å². The quantitative estimate of drug-likeness (QED) is 0.0199. The van der Waals surface area contributed by atoms with Crippen molar-refractivity contribution < 1.29 is 28.6 Å². The summed E-state index contributed by atoms with van der Waals surface area (Å²) in [6, 6.07) is 0. The van der Waals surface area contributed by atoms with Crippen molar-refractivity contribution in [3.05, 3.63) is 72.9 Å². The van der Waals surface area contributed by atoms with Crippen LogP contribution in [0.3, 0.4) is 0 Å². The average molecular weight is 921 g/mol. The Kier molecular flexibility index (Phi) is 51.9. The molecule has 6 heteroatoms. The second-order valence-corrected chi connectivity index (χ2v) is 18.6. The standard InChI is InChI=1S/C60H104O6/c1-4-7-10-13-16-19-22-25-27-29-31-32-35-38-41-44-47-50-53-59(62)65-56-57(55-64-58(61)52-49-46-43-40-37-34-24-21-18-15-12-9-6-3)66-60(63)54-51-48-45-42-39-36-33-30-28-26-23-20-17-14-11-8-5-2/h22,25-29,31-33,36,42,45,57H,4-21,23-24,30,34-35,37-41,43-44,46-56H2,1-3H3/b25-22-,28-26-,29-27-,32-31-,36-33-,45-42-. The molecular weight excluding hydrogens is 817 g/mol. The van der Waals surface area contributed by atoms with Crippen LogP contribution in [-0.4, -0.2) is 37.2 Å². The maximum atomic E-state index is 12.8. The van der Waals surface area contributed by atoms with Crippen molar-refractivity contribution in [1.82, 2.24) is 0 Å². The van der Waals surface area contributed by atoms with E-state index in [2.05, 4.69) is 93.7 Å². The van der Waals surface area contributed by atoms with Crippen molar-refractivity contribution in [2.45, 2.75) is 277 Å². The van der Waals surface area contributed by atoms with Gasteiger partial charge in [-0.1, -0.05) is 248 Å². The SMILES string of the molecule is CCCCCCC\C=C/C=C\C=C/CCCCCCCC(=O)OCC(COC(=O)CCCCCCCCCCCCCCC)OC(=O)CCC/C=C\C/C=C\C/C=C\CCCCCCCC. The monoisotopic (exact) mass is 921 g/mol. The molecule has 0 aliphatic heterocycles. The molecule has 0 spiro atoms. The van der Waals surface area contributed by atoms with E-state index >= 15 is 0 Å². The van der Waals surface area contributed by atoms with Crippen LogP contribution in [-0.2, 0) is 28.6 Å². The number of allylic oxidation sites excluding steroid dienone is 12. The molecule has 0 aliphatic carbocycles. The van der Waals surface area contributed by atoms with Gasteiger partial charge in [-0.05, 0) is 77.0 Å². The van der Waals surface area contributed by atoms with E-state index < -0.39 is 6.10 Å².